The number of aliphatic hydroxyl groups is 3. The lowest BCUT2D eigenvalue weighted by molar-refractivity contribution is -0.183. The molecule has 4 rings (SSSR count). The third kappa shape index (κ3) is 4.11. The highest BCUT2D eigenvalue weighted by molar-refractivity contribution is 5.98. The van der Waals surface area contributed by atoms with Crippen LogP contribution in [0.15, 0.2) is 23.8 Å². The van der Waals surface area contributed by atoms with Crippen LogP contribution in [-0.4, -0.2) is 62.0 Å². The molecule has 8 nitrogen and oxygen atoms in total. The minimum absolute atomic E-state index is 0.0284. The highest BCUT2D eigenvalue weighted by atomic mass is 16.6. The smallest absolute Gasteiger partial charge is 0.303 e. The molecule has 0 bridgehead atoms. The molecule has 0 aromatic carbocycles. The van der Waals surface area contributed by atoms with Crippen molar-refractivity contribution in [2.24, 2.45) is 39.4 Å². The van der Waals surface area contributed by atoms with Crippen molar-refractivity contribution in [3.63, 3.8) is 0 Å². The largest absolute Gasteiger partial charge is 0.456 e. The van der Waals surface area contributed by atoms with E-state index in [4.69, 9.17) is 4.74 Å². The van der Waals surface area contributed by atoms with Crippen molar-refractivity contribution in [2.45, 2.75) is 111 Å². The highest BCUT2D eigenvalue weighted by Gasteiger charge is 2.74. The first-order chi connectivity index (χ1) is 18.1. The SMILES string of the molecule is CC(=O)OC(C)(C)/C=C/C(=O)[C@](C)(O)[C@H]1[C@H](O)C[C@@]2(C)[C@@H]3CC=C4[C@@H](C[C@H](O)C(=O)C4(C)C)[C@]3(C)C(=O)C[C@]12C. The summed E-state index contributed by atoms with van der Waals surface area (Å²) >= 11 is 0. The Labute approximate surface area is 237 Å². The van der Waals surface area contributed by atoms with Gasteiger partial charge in [0.2, 0.25) is 0 Å². The Morgan fingerprint density at radius 1 is 1.05 bits per heavy atom. The van der Waals surface area contributed by atoms with Gasteiger partial charge in [-0.1, -0.05) is 32.4 Å². The average molecular weight is 559 g/mol. The van der Waals surface area contributed by atoms with Crippen LogP contribution in [0, 0.1) is 39.4 Å². The maximum absolute atomic E-state index is 14.3. The van der Waals surface area contributed by atoms with Crippen molar-refractivity contribution in [1.29, 1.82) is 0 Å². The number of fused-ring (bicyclic) bond motifs is 5. The zero-order valence-corrected chi connectivity index (χ0v) is 25.3. The van der Waals surface area contributed by atoms with E-state index < -0.39 is 62.7 Å². The fourth-order valence-corrected chi connectivity index (χ4v) is 9.40. The van der Waals surface area contributed by atoms with Gasteiger partial charge < -0.3 is 20.1 Å². The number of rotatable bonds is 5. The molecule has 3 saturated carbocycles. The maximum atomic E-state index is 14.3. The predicted octanol–water partition coefficient (Wildman–Crippen LogP) is 3.50. The Hall–Kier alpha value is -2.16. The second kappa shape index (κ2) is 9.17. The number of hydrogen-bond acceptors (Lipinski definition) is 8. The van der Waals surface area contributed by atoms with E-state index >= 15 is 0 Å². The zero-order valence-electron chi connectivity index (χ0n) is 25.3. The third-order valence-corrected chi connectivity index (χ3v) is 11.5. The first-order valence-corrected chi connectivity index (χ1v) is 14.4. The minimum atomic E-state index is -1.99. The quantitative estimate of drug-likeness (QED) is 0.265. The predicted molar refractivity (Wildman–Crippen MR) is 148 cm³/mol. The lowest BCUT2D eigenvalue weighted by Crippen LogP contribution is -2.65. The number of carbonyl (C=O) groups excluding carboxylic acids is 4. The van der Waals surface area contributed by atoms with Crippen LogP contribution >= 0.6 is 0 Å². The number of Topliss-reactive ketones (excluding diaryl/α,β-unsaturated/α-hetero) is 2. The van der Waals surface area contributed by atoms with Crippen molar-refractivity contribution in [3.05, 3.63) is 23.8 Å². The number of ketones is 3. The fraction of sp³-hybridized carbons (Fsp3) is 0.750. The number of ether oxygens (including phenoxy) is 1. The highest BCUT2D eigenvalue weighted by Crippen LogP contribution is 2.74. The molecule has 0 saturated heterocycles. The van der Waals surface area contributed by atoms with Crippen molar-refractivity contribution in [3.8, 4) is 0 Å². The molecule has 9 atom stereocenters. The molecule has 0 aromatic heterocycles. The summed E-state index contributed by atoms with van der Waals surface area (Å²) < 4.78 is 5.23. The van der Waals surface area contributed by atoms with Crippen LogP contribution in [0.2, 0.25) is 0 Å². The standard InChI is InChI=1S/C32H46O8/c1-17(33)40-27(2,3)13-12-23(36)32(9,39)25-21(35)15-29(6)22-11-10-18-19(14-20(34)26(38)28(18,4)5)31(22,8)24(37)16-30(25,29)7/h10,12-13,19-22,25,34-35,39H,11,14-16H2,1-9H3/b13-12+/t19-,20+,21-,22+,25+,29+,30-,31+,32+/m1/s1. The molecule has 0 amide bonds. The maximum Gasteiger partial charge on any atom is 0.303 e. The van der Waals surface area contributed by atoms with Gasteiger partial charge in [-0.3, -0.25) is 19.2 Å². The van der Waals surface area contributed by atoms with Crippen molar-refractivity contribution < 1.29 is 39.2 Å². The summed E-state index contributed by atoms with van der Waals surface area (Å²) in [6.07, 6.45) is 3.55. The molecule has 0 heterocycles. The topological polar surface area (TPSA) is 138 Å². The van der Waals surface area contributed by atoms with Gasteiger partial charge in [-0.2, -0.15) is 0 Å². The van der Waals surface area contributed by atoms with E-state index in [1.54, 1.807) is 13.8 Å². The second-order valence-corrected chi connectivity index (χ2v) is 14.8. The average Bonchev–Trinajstić information content (AvgIpc) is 3.01. The molecule has 3 fully saturated rings. The van der Waals surface area contributed by atoms with Gasteiger partial charge in [0.25, 0.3) is 0 Å². The van der Waals surface area contributed by atoms with E-state index in [0.29, 0.717) is 12.8 Å². The van der Waals surface area contributed by atoms with E-state index in [1.165, 1.54) is 26.0 Å². The molecule has 40 heavy (non-hydrogen) atoms. The van der Waals surface area contributed by atoms with E-state index in [-0.39, 0.29) is 36.2 Å². The molecule has 0 unspecified atom stereocenters. The van der Waals surface area contributed by atoms with E-state index in [1.807, 2.05) is 27.7 Å². The zero-order chi connectivity index (χ0) is 30.4. The number of aliphatic hydroxyl groups excluding tert-OH is 2. The van der Waals surface area contributed by atoms with Gasteiger partial charge in [-0.25, -0.2) is 0 Å². The van der Waals surface area contributed by atoms with Crippen LogP contribution in [0.4, 0.5) is 0 Å². The Kier molecular flexibility index (Phi) is 7.06. The number of hydrogen-bond donors (Lipinski definition) is 3. The summed E-state index contributed by atoms with van der Waals surface area (Å²) in [4.78, 5) is 52.1. The first kappa shape index (κ1) is 30.8. The Bertz CT molecular complexity index is 1210. The van der Waals surface area contributed by atoms with Crippen LogP contribution in [0.1, 0.15) is 88.0 Å². The van der Waals surface area contributed by atoms with Crippen molar-refractivity contribution in [2.75, 3.05) is 0 Å². The molecule has 8 heteroatoms. The molecular formula is C32H46O8. The van der Waals surface area contributed by atoms with E-state index in [9.17, 15) is 34.5 Å². The lowest BCUT2D eigenvalue weighted by Gasteiger charge is -2.64. The van der Waals surface area contributed by atoms with Gasteiger partial charge in [-0.05, 0) is 88.7 Å². The molecule has 3 N–H and O–H groups in total. The van der Waals surface area contributed by atoms with Gasteiger partial charge in [-0.15, -0.1) is 0 Å². The lowest BCUT2D eigenvalue weighted by atomic mass is 9.38. The summed E-state index contributed by atoms with van der Waals surface area (Å²) in [5.41, 5.74) is -5.43. The normalized spacial score (nSPS) is 42.4. The van der Waals surface area contributed by atoms with Gasteiger partial charge in [0.1, 0.15) is 23.1 Å². The second-order valence-electron chi connectivity index (χ2n) is 14.8. The molecule has 4 aliphatic carbocycles. The number of esters is 1. The molecule has 0 spiro atoms. The fourth-order valence-electron chi connectivity index (χ4n) is 9.40. The van der Waals surface area contributed by atoms with Crippen molar-refractivity contribution in [1.82, 2.24) is 0 Å². The minimum Gasteiger partial charge on any atom is -0.456 e. The third-order valence-electron chi connectivity index (χ3n) is 11.5. The van der Waals surface area contributed by atoms with Crippen LogP contribution in [0.3, 0.4) is 0 Å². The monoisotopic (exact) mass is 558 g/mol. The summed E-state index contributed by atoms with van der Waals surface area (Å²) in [6, 6.07) is 0. The molecule has 222 valence electrons. The van der Waals surface area contributed by atoms with Crippen molar-refractivity contribution >= 4 is 23.3 Å². The van der Waals surface area contributed by atoms with Crippen LogP contribution in [0.25, 0.3) is 0 Å². The number of carbonyl (C=O) groups is 4. The van der Waals surface area contributed by atoms with Crippen LogP contribution in [0.5, 0.6) is 0 Å². The Balaban J connectivity index is 1.75. The van der Waals surface area contributed by atoms with Gasteiger partial charge in [0, 0.05) is 30.1 Å². The Morgan fingerprint density at radius 3 is 2.23 bits per heavy atom. The molecule has 0 aromatic rings. The summed E-state index contributed by atoms with van der Waals surface area (Å²) in [7, 11) is 0. The molecule has 4 aliphatic rings. The van der Waals surface area contributed by atoms with Gasteiger partial charge >= 0.3 is 5.97 Å². The summed E-state index contributed by atoms with van der Waals surface area (Å²) in [5, 5.41) is 34.0. The van der Waals surface area contributed by atoms with Crippen LogP contribution < -0.4 is 0 Å². The molecular weight excluding hydrogens is 512 g/mol. The number of allylic oxidation sites excluding steroid dienone is 2. The molecule has 0 radical (unpaired) electrons. The summed E-state index contributed by atoms with van der Waals surface area (Å²) in [5.74, 6) is -2.85. The Morgan fingerprint density at radius 2 is 1.65 bits per heavy atom. The van der Waals surface area contributed by atoms with Gasteiger partial charge in [0.15, 0.2) is 11.6 Å². The van der Waals surface area contributed by atoms with Crippen LogP contribution in [-0.2, 0) is 23.9 Å². The van der Waals surface area contributed by atoms with Gasteiger partial charge in [0.05, 0.1) is 6.10 Å². The van der Waals surface area contributed by atoms with E-state index in [2.05, 4.69) is 13.0 Å². The molecule has 0 aliphatic heterocycles. The van der Waals surface area contributed by atoms with E-state index in [0.717, 1.165) is 5.57 Å². The summed E-state index contributed by atoms with van der Waals surface area (Å²) in [6.45, 7) is 15.4. The first-order valence-electron chi connectivity index (χ1n) is 14.4.